The molecule has 0 aromatic heterocycles. The lowest BCUT2D eigenvalue weighted by Crippen LogP contribution is -2.58. The summed E-state index contributed by atoms with van der Waals surface area (Å²) in [6, 6.07) is 13.7. The normalized spacial score (nSPS) is 19.5. The van der Waals surface area contributed by atoms with Crippen molar-refractivity contribution in [3.63, 3.8) is 0 Å². The average Bonchev–Trinajstić information content (AvgIpc) is 2.94. The first-order chi connectivity index (χ1) is 11.9. The number of nitrogens with one attached hydrogen (secondary N) is 2. The van der Waals surface area contributed by atoms with Crippen molar-refractivity contribution in [2.45, 2.75) is 10.5 Å². The maximum Gasteiger partial charge on any atom is 0.277 e. The van der Waals surface area contributed by atoms with Crippen LogP contribution in [0.4, 0.5) is 4.39 Å². The highest BCUT2D eigenvalue weighted by atomic mass is 35.5. The zero-order valence-corrected chi connectivity index (χ0v) is 14.2. The number of hydrogen-bond acceptors (Lipinski definition) is 3. The van der Waals surface area contributed by atoms with Crippen molar-refractivity contribution >= 4 is 40.9 Å². The lowest BCUT2D eigenvalue weighted by atomic mass is 10.1. The quantitative estimate of drug-likeness (QED) is 0.801. The summed E-state index contributed by atoms with van der Waals surface area (Å²) in [7, 11) is 0. The summed E-state index contributed by atoms with van der Waals surface area (Å²) in [6.45, 7) is 0. The van der Waals surface area contributed by atoms with E-state index in [9.17, 15) is 14.0 Å². The number of nitrogens with zero attached hydrogens (tertiary/aromatic N) is 1. The van der Waals surface area contributed by atoms with Gasteiger partial charge in [-0.05, 0) is 24.3 Å². The van der Waals surface area contributed by atoms with E-state index in [0.29, 0.717) is 5.56 Å². The highest BCUT2D eigenvalue weighted by Crippen LogP contribution is 2.28. The number of rotatable bonds is 4. The molecule has 2 aromatic rings. The van der Waals surface area contributed by atoms with Crippen LogP contribution in [0, 0.1) is 5.82 Å². The van der Waals surface area contributed by atoms with Gasteiger partial charge >= 0.3 is 0 Å². The molecule has 1 heterocycles. The van der Waals surface area contributed by atoms with Crippen molar-refractivity contribution in [2.75, 3.05) is 0 Å². The van der Waals surface area contributed by atoms with Gasteiger partial charge in [-0.15, -0.1) is 0 Å². The Kier molecular flexibility index (Phi) is 4.74. The molecule has 2 amide bonds. The van der Waals surface area contributed by atoms with Gasteiger partial charge in [0.15, 0.2) is 4.84 Å². The molecule has 0 aliphatic carbocycles. The fourth-order valence-electron chi connectivity index (χ4n) is 2.32. The average molecular weight is 380 g/mol. The Bertz CT molecular complexity index is 841. The monoisotopic (exact) mass is 379 g/mol. The molecule has 0 saturated carbocycles. The second kappa shape index (κ2) is 6.82. The van der Waals surface area contributed by atoms with Crippen LogP contribution < -0.4 is 10.6 Å². The van der Waals surface area contributed by atoms with Gasteiger partial charge in [-0.25, -0.2) is 9.38 Å². The van der Waals surface area contributed by atoms with Crippen molar-refractivity contribution in [3.8, 4) is 0 Å². The molecule has 3 rings (SSSR count). The van der Waals surface area contributed by atoms with E-state index >= 15 is 0 Å². The van der Waals surface area contributed by atoms with Crippen LogP contribution in [0.1, 0.15) is 15.9 Å². The van der Waals surface area contributed by atoms with Crippen molar-refractivity contribution in [1.29, 1.82) is 0 Å². The van der Waals surface area contributed by atoms with Crippen LogP contribution in [0.25, 0.3) is 0 Å². The van der Waals surface area contributed by atoms with Gasteiger partial charge in [0.05, 0.1) is 0 Å². The molecule has 1 unspecified atom stereocenters. The van der Waals surface area contributed by atoms with Gasteiger partial charge < -0.3 is 10.6 Å². The summed E-state index contributed by atoms with van der Waals surface area (Å²) < 4.78 is 13.0. The Balaban J connectivity index is 1.94. The summed E-state index contributed by atoms with van der Waals surface area (Å²) in [5, 5.41) is 5.03. The summed E-state index contributed by atoms with van der Waals surface area (Å²) in [5.41, 5.74) is -1.09. The van der Waals surface area contributed by atoms with E-state index in [1.807, 2.05) is 6.07 Å². The minimum absolute atomic E-state index is 0.144. The molecule has 128 valence electrons. The van der Waals surface area contributed by atoms with Crippen LogP contribution in [0.2, 0.25) is 0 Å². The molecule has 2 aromatic carbocycles. The van der Waals surface area contributed by atoms with Crippen molar-refractivity contribution < 1.29 is 14.0 Å². The maximum absolute atomic E-state index is 13.0. The second-order valence-corrected chi connectivity index (χ2v) is 6.40. The third-order valence-electron chi connectivity index (χ3n) is 3.64. The molecule has 5 nitrogen and oxygen atoms in total. The number of amidine groups is 1. The highest BCUT2D eigenvalue weighted by Gasteiger charge is 2.50. The molecule has 1 aliphatic heterocycles. The molecule has 0 bridgehead atoms. The summed E-state index contributed by atoms with van der Waals surface area (Å²) in [4.78, 5) is 27.8. The molecule has 8 heteroatoms. The van der Waals surface area contributed by atoms with Crippen molar-refractivity contribution in [1.82, 2.24) is 10.6 Å². The van der Waals surface area contributed by atoms with Crippen LogP contribution in [-0.4, -0.2) is 28.1 Å². The van der Waals surface area contributed by atoms with E-state index in [0.717, 1.165) is 12.1 Å². The lowest BCUT2D eigenvalue weighted by molar-refractivity contribution is -0.124. The Labute approximate surface area is 152 Å². The summed E-state index contributed by atoms with van der Waals surface area (Å²) >= 11 is 11.9. The second-order valence-electron chi connectivity index (χ2n) is 5.31. The molecular formula is C17H12Cl2FN3O2. The van der Waals surface area contributed by atoms with Crippen LogP contribution in [0.15, 0.2) is 59.6 Å². The van der Waals surface area contributed by atoms with Gasteiger partial charge in [0, 0.05) is 11.1 Å². The van der Waals surface area contributed by atoms with Crippen LogP contribution in [-0.2, 0) is 4.79 Å². The predicted molar refractivity (Wildman–Crippen MR) is 93.2 cm³/mol. The molecule has 0 fully saturated rings. The van der Waals surface area contributed by atoms with E-state index < -0.39 is 28.1 Å². The van der Waals surface area contributed by atoms with Crippen molar-refractivity contribution in [2.24, 2.45) is 4.99 Å². The first kappa shape index (κ1) is 17.4. The molecule has 1 atom stereocenters. The van der Waals surface area contributed by atoms with Crippen LogP contribution in [0.5, 0.6) is 0 Å². The van der Waals surface area contributed by atoms with Crippen LogP contribution in [0.3, 0.4) is 0 Å². The molecule has 0 radical (unpaired) electrons. The number of hydrogen-bond donors (Lipinski definition) is 2. The molecule has 0 spiro atoms. The molecule has 2 N–H and O–H groups in total. The Hall–Kier alpha value is -2.44. The minimum atomic E-state index is -1.88. The van der Waals surface area contributed by atoms with Gasteiger partial charge in [0.1, 0.15) is 11.7 Å². The Morgan fingerprint density at radius 2 is 1.76 bits per heavy atom. The third-order valence-corrected chi connectivity index (χ3v) is 4.27. The van der Waals surface area contributed by atoms with E-state index in [2.05, 4.69) is 15.6 Å². The zero-order valence-electron chi connectivity index (χ0n) is 12.7. The minimum Gasteiger partial charge on any atom is -0.318 e. The largest absolute Gasteiger partial charge is 0.318 e. The van der Waals surface area contributed by atoms with Gasteiger partial charge in [0.2, 0.25) is 5.66 Å². The first-order valence-corrected chi connectivity index (χ1v) is 8.12. The standard InChI is InChI=1S/C17H12Cl2FN3O2/c18-15(19)17(23-14(24)11-6-8-12(20)9-7-11)16(25)21-13(22-17)10-4-2-1-3-5-10/h1-9,15H,(H,23,24)(H,21,22,25). The van der Waals surface area contributed by atoms with Gasteiger partial charge in [0.25, 0.3) is 11.8 Å². The fraction of sp³-hybridized carbons (Fsp3) is 0.118. The maximum atomic E-state index is 13.0. The van der Waals surface area contributed by atoms with E-state index in [4.69, 9.17) is 23.2 Å². The Morgan fingerprint density at radius 1 is 1.12 bits per heavy atom. The fourth-order valence-corrected chi connectivity index (χ4v) is 2.73. The van der Waals surface area contributed by atoms with Gasteiger partial charge in [-0.3, -0.25) is 9.59 Å². The molecular weight excluding hydrogens is 368 g/mol. The number of carbonyl (C=O) groups excluding carboxylic acids is 2. The predicted octanol–water partition coefficient (Wildman–Crippen LogP) is 2.63. The SMILES string of the molecule is O=C(NC1(C(Cl)Cl)N=C(c2ccccc2)NC1=O)c1ccc(F)cc1. The lowest BCUT2D eigenvalue weighted by Gasteiger charge is -2.25. The number of aliphatic imine (C=N–C) groups is 1. The number of halogens is 3. The van der Waals surface area contributed by atoms with E-state index in [1.165, 1.54) is 12.1 Å². The number of amides is 2. The first-order valence-electron chi connectivity index (χ1n) is 7.25. The van der Waals surface area contributed by atoms with E-state index in [-0.39, 0.29) is 11.4 Å². The number of alkyl halides is 2. The molecule has 25 heavy (non-hydrogen) atoms. The zero-order chi connectivity index (χ0) is 18.0. The summed E-state index contributed by atoms with van der Waals surface area (Å²) in [5.74, 6) is -1.55. The van der Waals surface area contributed by atoms with E-state index in [1.54, 1.807) is 24.3 Å². The highest BCUT2D eigenvalue weighted by molar-refractivity contribution is 6.47. The topological polar surface area (TPSA) is 70.6 Å². The third kappa shape index (κ3) is 3.36. The molecule has 1 aliphatic rings. The summed E-state index contributed by atoms with van der Waals surface area (Å²) in [6.07, 6.45) is 0. The van der Waals surface area contributed by atoms with Gasteiger partial charge in [-0.1, -0.05) is 53.5 Å². The van der Waals surface area contributed by atoms with Gasteiger partial charge in [-0.2, -0.15) is 0 Å². The number of benzene rings is 2. The van der Waals surface area contributed by atoms with Crippen molar-refractivity contribution in [3.05, 3.63) is 71.5 Å². The molecule has 0 saturated heterocycles. The Morgan fingerprint density at radius 3 is 2.36 bits per heavy atom. The smallest absolute Gasteiger partial charge is 0.277 e. The van der Waals surface area contributed by atoms with Crippen LogP contribution >= 0.6 is 23.2 Å². The number of carbonyl (C=O) groups is 2.